The Morgan fingerprint density at radius 1 is 0.778 bits per heavy atom. The topological polar surface area (TPSA) is 34.1 Å². The molecule has 90 valence electrons. The zero-order chi connectivity index (χ0) is 12.9. The molecule has 2 unspecified atom stereocenters. The third kappa shape index (κ3) is 1.49. The van der Waals surface area contributed by atoms with Crippen molar-refractivity contribution in [2.75, 3.05) is 0 Å². The minimum absolute atomic E-state index is 0.281. The number of allylic oxidation sites excluding steroid dienone is 10. The fourth-order valence-corrected chi connectivity index (χ4v) is 2.76. The molecule has 3 aliphatic carbocycles. The van der Waals surface area contributed by atoms with Crippen LogP contribution in [0.5, 0.6) is 0 Å². The second kappa shape index (κ2) is 3.77. The van der Waals surface area contributed by atoms with Crippen LogP contribution in [0.3, 0.4) is 0 Å². The molecule has 0 fully saturated rings. The SMILES string of the molecule is CC1=CC2=C3C=C(C)C=CC3C(=O)C(=O)C2C=C1. The summed E-state index contributed by atoms with van der Waals surface area (Å²) < 4.78 is 0. The average Bonchev–Trinajstić information content (AvgIpc) is 2.36. The largest absolute Gasteiger partial charge is 0.290 e. The van der Waals surface area contributed by atoms with Crippen LogP contribution in [0.25, 0.3) is 0 Å². The summed E-state index contributed by atoms with van der Waals surface area (Å²) in [6, 6.07) is 0. The molecule has 0 N–H and O–H groups in total. The summed E-state index contributed by atoms with van der Waals surface area (Å²) in [4.78, 5) is 24.2. The summed E-state index contributed by atoms with van der Waals surface area (Å²) in [7, 11) is 0. The van der Waals surface area contributed by atoms with E-state index in [1.807, 2.05) is 50.3 Å². The smallest absolute Gasteiger partial charge is 0.210 e. The van der Waals surface area contributed by atoms with E-state index >= 15 is 0 Å². The lowest BCUT2D eigenvalue weighted by atomic mass is 9.71. The van der Waals surface area contributed by atoms with Crippen molar-refractivity contribution < 1.29 is 9.59 Å². The molecule has 0 saturated carbocycles. The fraction of sp³-hybridized carbons (Fsp3) is 0.250. The lowest BCUT2D eigenvalue weighted by Crippen LogP contribution is -2.36. The highest BCUT2D eigenvalue weighted by molar-refractivity contribution is 6.42. The maximum Gasteiger partial charge on any atom is 0.210 e. The molecule has 0 aromatic heterocycles. The summed E-state index contributed by atoms with van der Waals surface area (Å²) in [5.74, 6) is -1.31. The molecule has 0 amide bonds. The van der Waals surface area contributed by atoms with Crippen LogP contribution in [-0.4, -0.2) is 11.6 Å². The van der Waals surface area contributed by atoms with Crippen molar-refractivity contribution in [3.8, 4) is 0 Å². The average molecular weight is 238 g/mol. The molecule has 0 saturated heterocycles. The Labute approximate surface area is 106 Å². The van der Waals surface area contributed by atoms with Crippen molar-refractivity contribution in [3.63, 3.8) is 0 Å². The molecule has 0 aromatic carbocycles. The van der Waals surface area contributed by atoms with Gasteiger partial charge in [0.2, 0.25) is 11.6 Å². The number of hydrogen-bond acceptors (Lipinski definition) is 2. The van der Waals surface area contributed by atoms with Crippen LogP contribution in [0.2, 0.25) is 0 Å². The van der Waals surface area contributed by atoms with Crippen molar-refractivity contribution >= 4 is 11.6 Å². The highest BCUT2D eigenvalue weighted by atomic mass is 16.2. The van der Waals surface area contributed by atoms with E-state index < -0.39 is 0 Å². The first-order valence-corrected chi connectivity index (χ1v) is 6.13. The van der Waals surface area contributed by atoms with Gasteiger partial charge in [0.25, 0.3) is 0 Å². The number of Topliss-reactive ketones (excluding diaryl/α,β-unsaturated/α-hetero) is 2. The summed E-state index contributed by atoms with van der Waals surface area (Å²) in [5.41, 5.74) is 4.23. The monoisotopic (exact) mass is 238 g/mol. The molecule has 2 atom stereocenters. The van der Waals surface area contributed by atoms with Gasteiger partial charge in [-0.25, -0.2) is 0 Å². The Kier molecular flexibility index (Phi) is 2.34. The molecular formula is C16H14O2. The highest BCUT2D eigenvalue weighted by Gasteiger charge is 2.40. The Balaban J connectivity index is 2.24. The van der Waals surface area contributed by atoms with Crippen molar-refractivity contribution in [2.45, 2.75) is 13.8 Å². The zero-order valence-corrected chi connectivity index (χ0v) is 10.4. The maximum atomic E-state index is 12.1. The molecule has 3 rings (SSSR count). The van der Waals surface area contributed by atoms with Crippen molar-refractivity contribution in [2.24, 2.45) is 11.8 Å². The van der Waals surface area contributed by atoms with Crippen LogP contribution >= 0.6 is 0 Å². The molecular weight excluding hydrogens is 224 g/mol. The molecule has 0 bridgehead atoms. The van der Waals surface area contributed by atoms with Crippen LogP contribution in [0.15, 0.2) is 58.7 Å². The van der Waals surface area contributed by atoms with E-state index in [9.17, 15) is 9.59 Å². The van der Waals surface area contributed by atoms with Crippen LogP contribution < -0.4 is 0 Å². The Morgan fingerprint density at radius 2 is 1.17 bits per heavy atom. The summed E-state index contributed by atoms with van der Waals surface area (Å²) >= 11 is 0. The predicted molar refractivity (Wildman–Crippen MR) is 69.8 cm³/mol. The van der Waals surface area contributed by atoms with E-state index in [0.29, 0.717) is 0 Å². The van der Waals surface area contributed by atoms with Gasteiger partial charge in [-0.1, -0.05) is 47.6 Å². The molecule has 0 heterocycles. The van der Waals surface area contributed by atoms with Crippen LogP contribution in [0.1, 0.15) is 13.8 Å². The summed E-state index contributed by atoms with van der Waals surface area (Å²) in [6.07, 6.45) is 11.6. The minimum Gasteiger partial charge on any atom is -0.290 e. The van der Waals surface area contributed by atoms with E-state index in [1.54, 1.807) is 0 Å². The van der Waals surface area contributed by atoms with Gasteiger partial charge in [-0.3, -0.25) is 9.59 Å². The lowest BCUT2D eigenvalue weighted by Gasteiger charge is -2.30. The minimum atomic E-state index is -0.372. The van der Waals surface area contributed by atoms with E-state index in [0.717, 1.165) is 22.3 Å². The number of carbonyl (C=O) groups excluding carboxylic acids is 2. The maximum absolute atomic E-state index is 12.1. The molecule has 3 aliphatic rings. The number of fused-ring (bicyclic) bond motifs is 2. The zero-order valence-electron chi connectivity index (χ0n) is 10.4. The second-order valence-corrected chi connectivity index (χ2v) is 5.09. The number of carbonyl (C=O) groups is 2. The quantitative estimate of drug-likeness (QED) is 0.608. The van der Waals surface area contributed by atoms with Crippen LogP contribution in [-0.2, 0) is 9.59 Å². The van der Waals surface area contributed by atoms with Crippen molar-refractivity contribution in [3.05, 3.63) is 58.7 Å². The Morgan fingerprint density at radius 3 is 1.56 bits per heavy atom. The summed E-state index contributed by atoms with van der Waals surface area (Å²) in [5, 5.41) is 0. The van der Waals surface area contributed by atoms with Gasteiger partial charge in [-0.2, -0.15) is 0 Å². The van der Waals surface area contributed by atoms with E-state index in [-0.39, 0.29) is 23.4 Å². The number of hydrogen-bond donors (Lipinski definition) is 0. The normalized spacial score (nSPS) is 29.9. The molecule has 0 aliphatic heterocycles. The Bertz CT molecular complexity index is 555. The first-order valence-electron chi connectivity index (χ1n) is 6.13. The highest BCUT2D eigenvalue weighted by Crippen LogP contribution is 2.38. The van der Waals surface area contributed by atoms with Gasteiger partial charge in [-0.15, -0.1) is 0 Å². The Hall–Kier alpha value is -1.96. The van der Waals surface area contributed by atoms with Gasteiger partial charge < -0.3 is 0 Å². The lowest BCUT2D eigenvalue weighted by molar-refractivity contribution is -0.139. The van der Waals surface area contributed by atoms with E-state index in [4.69, 9.17) is 0 Å². The van der Waals surface area contributed by atoms with Gasteiger partial charge in [0, 0.05) is 0 Å². The molecule has 2 nitrogen and oxygen atoms in total. The van der Waals surface area contributed by atoms with Gasteiger partial charge in [-0.05, 0) is 25.0 Å². The van der Waals surface area contributed by atoms with Crippen LogP contribution in [0, 0.1) is 11.8 Å². The molecule has 2 heteroatoms. The third-order valence-electron chi connectivity index (χ3n) is 3.68. The summed E-state index contributed by atoms with van der Waals surface area (Å²) in [6.45, 7) is 4.01. The van der Waals surface area contributed by atoms with E-state index in [1.165, 1.54) is 0 Å². The predicted octanol–water partition coefficient (Wildman–Crippen LogP) is 2.70. The number of rotatable bonds is 0. The first kappa shape index (κ1) is 11.1. The van der Waals surface area contributed by atoms with Crippen molar-refractivity contribution in [1.29, 1.82) is 0 Å². The first-order chi connectivity index (χ1) is 8.58. The van der Waals surface area contributed by atoms with Gasteiger partial charge in [0.15, 0.2) is 0 Å². The molecule has 18 heavy (non-hydrogen) atoms. The fourth-order valence-electron chi connectivity index (χ4n) is 2.76. The molecule has 0 aromatic rings. The van der Waals surface area contributed by atoms with Crippen molar-refractivity contribution in [1.82, 2.24) is 0 Å². The number of ketones is 2. The third-order valence-corrected chi connectivity index (χ3v) is 3.68. The van der Waals surface area contributed by atoms with Gasteiger partial charge >= 0.3 is 0 Å². The van der Waals surface area contributed by atoms with E-state index in [2.05, 4.69) is 0 Å². The van der Waals surface area contributed by atoms with Gasteiger partial charge in [0.05, 0.1) is 11.8 Å². The molecule has 0 spiro atoms. The van der Waals surface area contributed by atoms with Crippen LogP contribution in [0.4, 0.5) is 0 Å². The van der Waals surface area contributed by atoms with Gasteiger partial charge in [0.1, 0.15) is 0 Å². The molecule has 0 radical (unpaired) electrons. The standard InChI is InChI=1S/C16H14O2/c1-9-3-5-11-13(7-9)14-8-10(2)4-6-12(14)16(18)15(11)17/h3-8,11-12H,1-2H3. The second-order valence-electron chi connectivity index (χ2n) is 5.09.